The molecule has 78 valence electrons. The van der Waals surface area contributed by atoms with Crippen LogP contribution in [0.3, 0.4) is 0 Å². The van der Waals surface area contributed by atoms with Gasteiger partial charge in [-0.2, -0.15) is 0 Å². The zero-order chi connectivity index (χ0) is 10.8. The average molecular weight is 342 g/mol. The fourth-order valence-corrected chi connectivity index (χ4v) is 4.28. The van der Waals surface area contributed by atoms with E-state index in [9.17, 15) is 8.42 Å². The summed E-state index contributed by atoms with van der Waals surface area (Å²) in [5.41, 5.74) is 0. The first-order valence-corrected chi connectivity index (χ1v) is 7.39. The molecule has 0 atom stereocenters. The summed E-state index contributed by atoms with van der Waals surface area (Å²) in [6.07, 6.45) is 0.630. The Morgan fingerprint density at radius 2 is 1.93 bits per heavy atom. The van der Waals surface area contributed by atoms with Crippen LogP contribution in [0.2, 0.25) is 0 Å². The first kappa shape index (κ1) is 12.2. The van der Waals surface area contributed by atoms with Crippen LogP contribution in [0.15, 0.2) is 32.0 Å². The molecule has 0 aliphatic heterocycles. The van der Waals surface area contributed by atoms with Gasteiger partial charge < -0.3 is 0 Å². The molecule has 1 aromatic rings. The monoisotopic (exact) mass is 340 g/mol. The van der Waals surface area contributed by atoms with Crippen LogP contribution >= 0.6 is 31.9 Å². The number of hydrogen-bond donors (Lipinski definition) is 0. The summed E-state index contributed by atoms with van der Waals surface area (Å²) in [5.74, 6) is 0.188. The Hall–Kier alpha value is 0.130. The van der Waals surface area contributed by atoms with E-state index in [4.69, 9.17) is 0 Å². The summed E-state index contributed by atoms with van der Waals surface area (Å²) >= 11 is 6.52. The molecule has 0 saturated carbocycles. The highest BCUT2D eigenvalue weighted by molar-refractivity contribution is 9.11. The molecule has 0 heterocycles. The van der Waals surface area contributed by atoms with Crippen molar-refractivity contribution < 1.29 is 8.42 Å². The van der Waals surface area contributed by atoms with Crippen molar-refractivity contribution in [3.63, 3.8) is 0 Å². The number of rotatable bonds is 3. The molecule has 1 aromatic carbocycles. The minimum absolute atomic E-state index is 0.188. The molecule has 0 aliphatic carbocycles. The summed E-state index contributed by atoms with van der Waals surface area (Å²) in [7, 11) is -3.13. The van der Waals surface area contributed by atoms with Crippen molar-refractivity contribution in [2.75, 3.05) is 5.75 Å². The summed E-state index contributed by atoms with van der Waals surface area (Å²) < 4.78 is 24.9. The maximum atomic E-state index is 11.7. The van der Waals surface area contributed by atoms with Crippen LogP contribution < -0.4 is 0 Å². The topological polar surface area (TPSA) is 34.1 Å². The van der Waals surface area contributed by atoms with Crippen molar-refractivity contribution in [3.8, 4) is 0 Å². The molecular weight excluding hydrogens is 332 g/mol. The summed E-state index contributed by atoms with van der Waals surface area (Å²) in [6.45, 7) is 1.85. The van der Waals surface area contributed by atoms with Crippen LogP contribution in [0.4, 0.5) is 0 Å². The van der Waals surface area contributed by atoms with E-state index in [1.807, 2.05) is 6.92 Å². The number of sulfone groups is 1. The summed E-state index contributed by atoms with van der Waals surface area (Å²) in [4.78, 5) is 0.363. The zero-order valence-corrected chi connectivity index (χ0v) is 11.6. The minimum atomic E-state index is -3.13. The van der Waals surface area contributed by atoms with Crippen molar-refractivity contribution in [1.29, 1.82) is 0 Å². The van der Waals surface area contributed by atoms with Gasteiger partial charge in [-0.1, -0.05) is 22.9 Å². The molecule has 0 radical (unpaired) electrons. The van der Waals surface area contributed by atoms with E-state index in [-0.39, 0.29) is 5.75 Å². The highest BCUT2D eigenvalue weighted by Gasteiger charge is 2.16. The van der Waals surface area contributed by atoms with Gasteiger partial charge in [0.15, 0.2) is 9.84 Å². The van der Waals surface area contributed by atoms with E-state index < -0.39 is 9.84 Å². The van der Waals surface area contributed by atoms with E-state index in [0.717, 1.165) is 4.47 Å². The lowest BCUT2D eigenvalue weighted by Gasteiger charge is -2.05. The predicted molar refractivity (Wildman–Crippen MR) is 64.2 cm³/mol. The third kappa shape index (κ3) is 2.81. The van der Waals surface area contributed by atoms with E-state index in [2.05, 4.69) is 31.9 Å². The van der Waals surface area contributed by atoms with E-state index in [1.165, 1.54) is 0 Å². The van der Waals surface area contributed by atoms with Gasteiger partial charge in [-0.25, -0.2) is 8.42 Å². The molecule has 0 unspecified atom stereocenters. The van der Waals surface area contributed by atoms with Crippen molar-refractivity contribution >= 4 is 41.7 Å². The van der Waals surface area contributed by atoms with Gasteiger partial charge in [-0.05, 0) is 40.5 Å². The molecule has 0 amide bonds. The van der Waals surface area contributed by atoms with E-state index in [1.54, 1.807) is 18.2 Å². The Kier molecular flexibility index (Phi) is 4.15. The first-order chi connectivity index (χ1) is 6.47. The summed E-state index contributed by atoms with van der Waals surface area (Å²) in [6, 6.07) is 5.08. The normalized spacial score (nSPS) is 11.6. The van der Waals surface area contributed by atoms with Crippen LogP contribution in [0, 0.1) is 0 Å². The molecular formula is C9H10Br2O2S. The maximum absolute atomic E-state index is 11.7. The number of halogens is 2. The van der Waals surface area contributed by atoms with E-state index >= 15 is 0 Å². The first-order valence-electron chi connectivity index (χ1n) is 4.15. The van der Waals surface area contributed by atoms with Gasteiger partial charge in [0.2, 0.25) is 0 Å². The fraction of sp³-hybridized carbons (Fsp3) is 0.333. The SMILES string of the molecule is CCCS(=O)(=O)c1ccc(Br)cc1Br. The Bertz CT molecular complexity index is 426. The highest BCUT2D eigenvalue weighted by Crippen LogP contribution is 2.26. The van der Waals surface area contributed by atoms with Gasteiger partial charge in [0.1, 0.15) is 0 Å². The zero-order valence-electron chi connectivity index (χ0n) is 7.63. The molecule has 14 heavy (non-hydrogen) atoms. The predicted octanol–water partition coefficient (Wildman–Crippen LogP) is 3.40. The highest BCUT2D eigenvalue weighted by atomic mass is 79.9. The molecule has 0 saturated heterocycles. The molecule has 5 heteroatoms. The van der Waals surface area contributed by atoms with Gasteiger partial charge >= 0.3 is 0 Å². The van der Waals surface area contributed by atoms with Gasteiger partial charge in [-0.15, -0.1) is 0 Å². The third-order valence-electron chi connectivity index (χ3n) is 1.70. The Balaban J connectivity index is 3.20. The number of benzene rings is 1. The van der Waals surface area contributed by atoms with Crippen LogP contribution in [0.25, 0.3) is 0 Å². The van der Waals surface area contributed by atoms with E-state index in [0.29, 0.717) is 15.8 Å². The lowest BCUT2D eigenvalue weighted by molar-refractivity contribution is 0.594. The third-order valence-corrected chi connectivity index (χ3v) is 5.09. The van der Waals surface area contributed by atoms with Crippen LogP contribution in [-0.4, -0.2) is 14.2 Å². The molecule has 0 N–H and O–H groups in total. The average Bonchev–Trinajstić information content (AvgIpc) is 2.02. The Morgan fingerprint density at radius 3 is 2.43 bits per heavy atom. The lowest BCUT2D eigenvalue weighted by Crippen LogP contribution is -2.06. The molecule has 0 aliphatic rings. The molecule has 0 bridgehead atoms. The van der Waals surface area contributed by atoms with Gasteiger partial charge in [0.25, 0.3) is 0 Å². The lowest BCUT2D eigenvalue weighted by atomic mass is 10.4. The Labute approximate surface area is 101 Å². The van der Waals surface area contributed by atoms with Gasteiger partial charge in [0.05, 0.1) is 10.6 Å². The van der Waals surface area contributed by atoms with Crippen LogP contribution in [0.1, 0.15) is 13.3 Å². The molecule has 0 spiro atoms. The molecule has 1 rings (SSSR count). The molecule has 0 aromatic heterocycles. The molecule has 0 fully saturated rings. The smallest absolute Gasteiger partial charge is 0.179 e. The number of hydrogen-bond acceptors (Lipinski definition) is 2. The van der Waals surface area contributed by atoms with Crippen LogP contribution in [-0.2, 0) is 9.84 Å². The summed E-state index contributed by atoms with van der Waals surface area (Å²) in [5, 5.41) is 0. The minimum Gasteiger partial charge on any atom is -0.224 e. The maximum Gasteiger partial charge on any atom is 0.179 e. The van der Waals surface area contributed by atoms with Crippen molar-refractivity contribution in [3.05, 3.63) is 27.1 Å². The second-order valence-electron chi connectivity index (χ2n) is 2.89. The van der Waals surface area contributed by atoms with Crippen molar-refractivity contribution in [2.45, 2.75) is 18.2 Å². The van der Waals surface area contributed by atoms with Crippen molar-refractivity contribution in [1.82, 2.24) is 0 Å². The quantitative estimate of drug-likeness (QED) is 0.844. The van der Waals surface area contributed by atoms with Crippen molar-refractivity contribution in [2.24, 2.45) is 0 Å². The van der Waals surface area contributed by atoms with Crippen LogP contribution in [0.5, 0.6) is 0 Å². The van der Waals surface area contributed by atoms with Gasteiger partial charge in [-0.3, -0.25) is 0 Å². The Morgan fingerprint density at radius 1 is 1.29 bits per heavy atom. The standard InChI is InChI=1S/C9H10Br2O2S/c1-2-5-14(12,13)9-4-3-7(10)6-8(9)11/h3-4,6H,2,5H2,1H3. The fourth-order valence-electron chi connectivity index (χ4n) is 1.11. The largest absolute Gasteiger partial charge is 0.224 e. The molecule has 2 nitrogen and oxygen atoms in total. The van der Waals surface area contributed by atoms with Gasteiger partial charge in [0, 0.05) is 8.95 Å². The second-order valence-corrected chi connectivity index (χ2v) is 6.74. The second kappa shape index (κ2) is 4.77.